The van der Waals surface area contributed by atoms with Gasteiger partial charge in [-0.1, -0.05) is 30.7 Å². The van der Waals surface area contributed by atoms with Crippen LogP contribution in [-0.2, 0) is 6.42 Å². The average molecular weight is 406 g/mol. The lowest BCUT2D eigenvalue weighted by molar-refractivity contribution is 0.0951. The molecule has 7 nitrogen and oxygen atoms in total. The summed E-state index contributed by atoms with van der Waals surface area (Å²) in [5.74, 6) is -0.387. The number of amides is 2. The van der Waals surface area contributed by atoms with Crippen LogP contribution in [0.5, 0.6) is 5.75 Å². The molecular formula is C23H26N4O3. The molecule has 156 valence electrons. The van der Waals surface area contributed by atoms with Gasteiger partial charge in [0.25, 0.3) is 11.8 Å². The van der Waals surface area contributed by atoms with E-state index in [1.807, 2.05) is 38.1 Å². The van der Waals surface area contributed by atoms with E-state index in [4.69, 9.17) is 0 Å². The number of benzene rings is 2. The third kappa shape index (κ3) is 5.05. The Morgan fingerprint density at radius 2 is 1.73 bits per heavy atom. The first-order chi connectivity index (χ1) is 14.5. The molecule has 0 bridgehead atoms. The third-order valence-electron chi connectivity index (χ3n) is 4.76. The van der Waals surface area contributed by atoms with Gasteiger partial charge in [-0.25, -0.2) is 4.68 Å². The first-order valence-electron chi connectivity index (χ1n) is 9.99. The van der Waals surface area contributed by atoms with Crippen molar-refractivity contribution in [2.75, 3.05) is 13.1 Å². The Labute approximate surface area is 175 Å². The Bertz CT molecular complexity index is 1030. The van der Waals surface area contributed by atoms with Crippen LogP contribution in [0.15, 0.2) is 54.7 Å². The summed E-state index contributed by atoms with van der Waals surface area (Å²) in [6, 6.07) is 14.2. The van der Waals surface area contributed by atoms with Gasteiger partial charge in [-0.05, 0) is 50.1 Å². The van der Waals surface area contributed by atoms with Crippen molar-refractivity contribution < 1.29 is 14.7 Å². The molecule has 7 heteroatoms. The van der Waals surface area contributed by atoms with E-state index in [-0.39, 0.29) is 17.6 Å². The van der Waals surface area contributed by atoms with Gasteiger partial charge in [0.05, 0.1) is 23.1 Å². The number of hydrogen-bond donors (Lipinski definition) is 3. The molecule has 2 aromatic carbocycles. The predicted octanol–water partition coefficient (Wildman–Crippen LogP) is 3.00. The first-order valence-corrected chi connectivity index (χ1v) is 9.99. The van der Waals surface area contributed by atoms with E-state index in [1.54, 1.807) is 23.0 Å². The van der Waals surface area contributed by atoms with Crippen LogP contribution in [0.1, 0.15) is 45.3 Å². The molecule has 1 heterocycles. The molecule has 3 N–H and O–H groups in total. The second-order valence-corrected chi connectivity index (χ2v) is 7.02. The number of aryl methyl sites for hydroxylation is 1. The second kappa shape index (κ2) is 9.73. The summed E-state index contributed by atoms with van der Waals surface area (Å²) in [5, 5.41) is 19.5. The molecule has 0 radical (unpaired) electrons. The lowest BCUT2D eigenvalue weighted by Gasteiger charge is -2.09. The fourth-order valence-electron chi connectivity index (χ4n) is 3.15. The number of hydrogen-bond acceptors (Lipinski definition) is 4. The van der Waals surface area contributed by atoms with Crippen molar-refractivity contribution in [1.82, 2.24) is 20.4 Å². The second-order valence-electron chi connectivity index (χ2n) is 7.02. The van der Waals surface area contributed by atoms with Crippen molar-refractivity contribution in [2.24, 2.45) is 0 Å². The van der Waals surface area contributed by atoms with Gasteiger partial charge < -0.3 is 15.7 Å². The van der Waals surface area contributed by atoms with Crippen LogP contribution in [0.4, 0.5) is 0 Å². The Hall–Kier alpha value is -3.61. The normalized spacial score (nSPS) is 10.6. The largest absolute Gasteiger partial charge is 0.508 e. The fraction of sp³-hybridized carbons (Fsp3) is 0.261. The van der Waals surface area contributed by atoms with Crippen LogP contribution in [0.3, 0.4) is 0 Å². The zero-order chi connectivity index (χ0) is 21.5. The van der Waals surface area contributed by atoms with E-state index < -0.39 is 0 Å². The maximum atomic E-state index is 12.6. The van der Waals surface area contributed by atoms with Crippen molar-refractivity contribution >= 4 is 11.8 Å². The maximum absolute atomic E-state index is 12.6. The summed E-state index contributed by atoms with van der Waals surface area (Å²) in [6.45, 7) is 4.87. The molecule has 0 saturated carbocycles. The average Bonchev–Trinajstić information content (AvgIpc) is 3.18. The molecule has 2 amide bonds. The summed E-state index contributed by atoms with van der Waals surface area (Å²) in [7, 11) is 0. The minimum Gasteiger partial charge on any atom is -0.508 e. The van der Waals surface area contributed by atoms with Crippen molar-refractivity contribution in [1.29, 1.82) is 0 Å². The van der Waals surface area contributed by atoms with Gasteiger partial charge in [0.15, 0.2) is 0 Å². The van der Waals surface area contributed by atoms with E-state index >= 15 is 0 Å². The van der Waals surface area contributed by atoms with Gasteiger partial charge in [0.2, 0.25) is 0 Å². The number of aromatic nitrogens is 2. The number of carbonyl (C=O) groups excluding carboxylic acids is 2. The lowest BCUT2D eigenvalue weighted by Crippen LogP contribution is -2.30. The fourth-order valence-corrected chi connectivity index (χ4v) is 3.15. The Balaban J connectivity index is 1.51. The monoisotopic (exact) mass is 406 g/mol. The molecule has 0 aliphatic heterocycles. The molecule has 30 heavy (non-hydrogen) atoms. The molecule has 0 fully saturated rings. The number of phenolic OH excluding ortho intramolecular Hbond substituents is 1. The Morgan fingerprint density at radius 1 is 1.03 bits per heavy atom. The molecule has 3 rings (SSSR count). The molecule has 0 aliphatic rings. The summed E-state index contributed by atoms with van der Waals surface area (Å²) in [5.41, 5.74) is 3.90. The third-order valence-corrected chi connectivity index (χ3v) is 4.76. The van der Waals surface area contributed by atoms with Crippen molar-refractivity contribution in [3.8, 4) is 11.4 Å². The summed E-state index contributed by atoms with van der Waals surface area (Å²) in [6.07, 6.45) is 2.86. The molecule has 0 saturated heterocycles. The number of rotatable bonds is 8. The summed E-state index contributed by atoms with van der Waals surface area (Å²) < 4.78 is 1.80. The van der Waals surface area contributed by atoms with E-state index in [0.29, 0.717) is 37.1 Å². The van der Waals surface area contributed by atoms with Gasteiger partial charge >= 0.3 is 0 Å². The topological polar surface area (TPSA) is 96.2 Å². The minimum absolute atomic E-state index is 0.0489. The lowest BCUT2D eigenvalue weighted by atomic mass is 10.1. The smallest absolute Gasteiger partial charge is 0.254 e. The molecule has 3 aromatic rings. The van der Waals surface area contributed by atoms with E-state index in [2.05, 4.69) is 15.7 Å². The summed E-state index contributed by atoms with van der Waals surface area (Å²) >= 11 is 0. The van der Waals surface area contributed by atoms with Crippen LogP contribution in [0, 0.1) is 6.92 Å². The summed E-state index contributed by atoms with van der Waals surface area (Å²) in [4.78, 5) is 24.6. The number of aromatic hydroxyl groups is 1. The number of carbonyl (C=O) groups is 2. The molecule has 0 aliphatic carbocycles. The van der Waals surface area contributed by atoms with Crippen molar-refractivity contribution in [3.05, 3.63) is 77.1 Å². The van der Waals surface area contributed by atoms with E-state index in [0.717, 1.165) is 16.9 Å². The first kappa shape index (κ1) is 21.1. The highest BCUT2D eigenvalue weighted by molar-refractivity contribution is 5.95. The number of nitrogens with zero attached hydrogens (tertiary/aromatic N) is 2. The zero-order valence-electron chi connectivity index (χ0n) is 17.2. The van der Waals surface area contributed by atoms with E-state index in [1.165, 1.54) is 12.1 Å². The van der Waals surface area contributed by atoms with Gasteiger partial charge in [0.1, 0.15) is 5.75 Å². The van der Waals surface area contributed by atoms with Crippen molar-refractivity contribution in [2.45, 2.75) is 26.7 Å². The highest BCUT2D eigenvalue weighted by Gasteiger charge is 2.16. The maximum Gasteiger partial charge on any atom is 0.254 e. The molecule has 1 aromatic heterocycles. The quantitative estimate of drug-likeness (QED) is 0.501. The van der Waals surface area contributed by atoms with Crippen LogP contribution >= 0.6 is 0 Å². The van der Waals surface area contributed by atoms with Gasteiger partial charge in [-0.15, -0.1) is 0 Å². The highest BCUT2D eigenvalue weighted by Crippen LogP contribution is 2.16. The number of nitrogens with one attached hydrogen (secondary N) is 2. The van der Waals surface area contributed by atoms with Crippen LogP contribution in [0.25, 0.3) is 5.69 Å². The Kier molecular flexibility index (Phi) is 6.85. The minimum atomic E-state index is -0.259. The Morgan fingerprint density at radius 3 is 2.40 bits per heavy atom. The predicted molar refractivity (Wildman–Crippen MR) is 115 cm³/mol. The van der Waals surface area contributed by atoms with Crippen LogP contribution in [-0.4, -0.2) is 39.8 Å². The van der Waals surface area contributed by atoms with Gasteiger partial charge in [0, 0.05) is 18.7 Å². The molecule has 0 unspecified atom stereocenters. The SMILES string of the molecule is CCc1c(C(=O)NCCCNC(=O)c2cccc(O)c2)cnn1-c1ccc(C)cc1. The van der Waals surface area contributed by atoms with Gasteiger partial charge in [-0.2, -0.15) is 5.10 Å². The molecular weight excluding hydrogens is 380 g/mol. The van der Waals surface area contributed by atoms with Crippen LogP contribution in [0.2, 0.25) is 0 Å². The van der Waals surface area contributed by atoms with Crippen molar-refractivity contribution in [3.63, 3.8) is 0 Å². The van der Waals surface area contributed by atoms with Crippen LogP contribution < -0.4 is 10.6 Å². The van der Waals surface area contributed by atoms with E-state index in [9.17, 15) is 14.7 Å². The zero-order valence-corrected chi connectivity index (χ0v) is 17.2. The number of phenols is 1. The highest BCUT2D eigenvalue weighted by atomic mass is 16.3. The standard InChI is InChI=1S/C23H26N4O3/c1-3-21-20(15-26-27(21)18-10-8-16(2)9-11-18)23(30)25-13-5-12-24-22(29)17-6-4-7-19(28)14-17/h4,6-11,14-15,28H,3,5,12-13H2,1-2H3,(H,24,29)(H,25,30). The van der Waals surface area contributed by atoms with Gasteiger partial charge in [-0.3, -0.25) is 9.59 Å². The molecule has 0 atom stereocenters. The molecule has 0 spiro atoms.